The number of pyridine rings is 1. The van der Waals surface area contributed by atoms with Crippen molar-refractivity contribution in [3.63, 3.8) is 0 Å². The maximum absolute atomic E-state index is 14.1. The standard InChI is InChI=1S/C28H26ClFN4O3S/c29-20-5-4-19(23(30)12-20)17-37-27-3-1-2-24(32-27)18-6-9-33(10-7-18)15-26-31-25-13-22(16-35)38-28(25)34(26)14-21-8-11-36-21/h1-6,12-13,16,21H,7-11,14-15,17H2. The Kier molecular flexibility index (Phi) is 7.25. The van der Waals surface area contributed by atoms with E-state index in [9.17, 15) is 9.18 Å². The van der Waals surface area contributed by atoms with Crippen molar-refractivity contribution in [2.24, 2.45) is 0 Å². The lowest BCUT2D eigenvalue weighted by atomic mass is 10.0. The molecule has 0 aliphatic carbocycles. The van der Waals surface area contributed by atoms with Crippen LogP contribution in [0.15, 0.2) is 48.5 Å². The van der Waals surface area contributed by atoms with Crippen molar-refractivity contribution in [3.8, 4) is 5.88 Å². The van der Waals surface area contributed by atoms with Crippen molar-refractivity contribution in [1.82, 2.24) is 19.4 Å². The largest absolute Gasteiger partial charge is 0.473 e. The first-order valence-corrected chi connectivity index (χ1v) is 13.8. The van der Waals surface area contributed by atoms with E-state index in [2.05, 4.69) is 20.5 Å². The summed E-state index contributed by atoms with van der Waals surface area (Å²) in [6.07, 6.45) is 5.18. The number of imidazole rings is 1. The second-order valence-corrected chi connectivity index (χ2v) is 11.0. The predicted octanol–water partition coefficient (Wildman–Crippen LogP) is 5.76. The number of carbonyl (C=O) groups is 1. The zero-order chi connectivity index (χ0) is 26.1. The normalized spacial score (nSPS) is 17.8. The molecule has 5 heterocycles. The number of carbonyl (C=O) groups excluding carboxylic acids is 1. The minimum atomic E-state index is -0.395. The Hall–Kier alpha value is -3.11. The summed E-state index contributed by atoms with van der Waals surface area (Å²) in [6, 6.07) is 12.1. The van der Waals surface area contributed by atoms with Gasteiger partial charge >= 0.3 is 0 Å². The number of nitrogens with zero attached hydrogens (tertiary/aromatic N) is 4. The maximum atomic E-state index is 14.1. The Balaban J connectivity index is 1.12. The number of hydrogen-bond acceptors (Lipinski definition) is 7. The average Bonchev–Trinajstić information content (AvgIpc) is 3.44. The fourth-order valence-electron chi connectivity index (χ4n) is 4.73. The number of hydrogen-bond donors (Lipinski definition) is 0. The van der Waals surface area contributed by atoms with Crippen molar-refractivity contribution < 1.29 is 18.7 Å². The lowest BCUT2D eigenvalue weighted by molar-refractivity contribution is -0.0591. The minimum absolute atomic E-state index is 0.0800. The van der Waals surface area contributed by atoms with E-state index in [1.807, 2.05) is 18.2 Å². The molecule has 2 aliphatic heterocycles. The van der Waals surface area contributed by atoms with E-state index in [4.69, 9.17) is 26.1 Å². The number of ether oxygens (including phenoxy) is 2. The van der Waals surface area contributed by atoms with Crippen LogP contribution in [0.2, 0.25) is 5.02 Å². The number of halogens is 2. The topological polar surface area (TPSA) is 69.5 Å². The predicted molar refractivity (Wildman–Crippen MR) is 145 cm³/mol. The molecule has 1 saturated heterocycles. The summed E-state index contributed by atoms with van der Waals surface area (Å²) in [5, 5.41) is 0.355. The number of benzene rings is 1. The van der Waals surface area contributed by atoms with Gasteiger partial charge in [0.2, 0.25) is 5.88 Å². The quantitative estimate of drug-likeness (QED) is 0.246. The highest BCUT2D eigenvalue weighted by molar-refractivity contribution is 7.20. The van der Waals surface area contributed by atoms with E-state index in [0.29, 0.717) is 21.3 Å². The van der Waals surface area contributed by atoms with E-state index in [0.717, 1.165) is 79.4 Å². The fraction of sp³-hybridized carbons (Fsp3) is 0.321. The lowest BCUT2D eigenvalue weighted by Crippen LogP contribution is -2.33. The van der Waals surface area contributed by atoms with Gasteiger partial charge in [0.1, 0.15) is 28.6 Å². The summed E-state index contributed by atoms with van der Waals surface area (Å²) in [6.45, 7) is 4.01. The van der Waals surface area contributed by atoms with Crippen LogP contribution in [-0.4, -0.2) is 51.5 Å². The van der Waals surface area contributed by atoms with Gasteiger partial charge in [0.15, 0.2) is 6.29 Å². The molecule has 7 nitrogen and oxygen atoms in total. The van der Waals surface area contributed by atoms with E-state index in [1.165, 1.54) is 17.4 Å². The third-order valence-corrected chi connectivity index (χ3v) is 8.22. The van der Waals surface area contributed by atoms with Gasteiger partial charge in [0.05, 0.1) is 29.8 Å². The van der Waals surface area contributed by atoms with Crippen molar-refractivity contribution in [3.05, 3.63) is 81.3 Å². The summed E-state index contributed by atoms with van der Waals surface area (Å²) in [5.74, 6) is 1.06. The Bertz CT molecular complexity index is 1510. The molecule has 0 N–H and O–H groups in total. The first kappa shape index (κ1) is 25.2. The molecule has 1 aromatic carbocycles. The zero-order valence-corrected chi connectivity index (χ0v) is 22.2. The highest BCUT2D eigenvalue weighted by Crippen LogP contribution is 2.29. The van der Waals surface area contributed by atoms with Gasteiger partial charge < -0.3 is 14.0 Å². The van der Waals surface area contributed by atoms with Gasteiger partial charge in [-0.15, -0.1) is 11.3 Å². The smallest absolute Gasteiger partial charge is 0.214 e. The van der Waals surface area contributed by atoms with Gasteiger partial charge in [-0.2, -0.15) is 0 Å². The van der Waals surface area contributed by atoms with Gasteiger partial charge in [-0.05, 0) is 42.7 Å². The van der Waals surface area contributed by atoms with Crippen LogP contribution in [0.4, 0.5) is 4.39 Å². The minimum Gasteiger partial charge on any atom is -0.473 e. The number of fused-ring (bicyclic) bond motifs is 1. The van der Waals surface area contributed by atoms with Crippen LogP contribution < -0.4 is 4.74 Å². The maximum Gasteiger partial charge on any atom is 0.214 e. The second kappa shape index (κ2) is 10.9. The Morgan fingerprint density at radius 1 is 1.24 bits per heavy atom. The lowest BCUT2D eigenvalue weighted by Gasteiger charge is -2.29. The molecule has 0 spiro atoms. The van der Waals surface area contributed by atoms with Crippen molar-refractivity contribution >= 4 is 45.1 Å². The highest BCUT2D eigenvalue weighted by Gasteiger charge is 2.24. The summed E-state index contributed by atoms with van der Waals surface area (Å²) >= 11 is 7.32. The summed E-state index contributed by atoms with van der Waals surface area (Å²) in [4.78, 5) is 24.9. The van der Waals surface area contributed by atoms with Gasteiger partial charge in [0.25, 0.3) is 0 Å². The van der Waals surface area contributed by atoms with Crippen molar-refractivity contribution in [2.75, 3.05) is 19.7 Å². The van der Waals surface area contributed by atoms with Gasteiger partial charge in [0, 0.05) is 36.3 Å². The molecule has 6 rings (SSSR count). The zero-order valence-electron chi connectivity index (χ0n) is 20.6. The molecule has 0 bridgehead atoms. The van der Waals surface area contributed by atoms with Crippen LogP contribution in [0.1, 0.15) is 39.6 Å². The molecule has 4 aromatic rings. The molecule has 2 aliphatic rings. The summed E-state index contributed by atoms with van der Waals surface area (Å²) in [5.41, 5.74) is 3.33. The van der Waals surface area contributed by atoms with Crippen LogP contribution in [0.5, 0.6) is 5.88 Å². The number of rotatable bonds is 9. The molecule has 0 amide bonds. The van der Waals surface area contributed by atoms with E-state index >= 15 is 0 Å². The number of aldehydes is 1. The third-order valence-electron chi connectivity index (χ3n) is 6.92. The molecular weight excluding hydrogens is 527 g/mol. The average molecular weight is 553 g/mol. The fourth-order valence-corrected chi connectivity index (χ4v) is 5.83. The molecule has 38 heavy (non-hydrogen) atoms. The van der Waals surface area contributed by atoms with Gasteiger partial charge in [-0.25, -0.2) is 14.4 Å². The van der Waals surface area contributed by atoms with Gasteiger partial charge in [-0.3, -0.25) is 9.69 Å². The van der Waals surface area contributed by atoms with Crippen LogP contribution in [0.3, 0.4) is 0 Å². The molecule has 0 radical (unpaired) electrons. The molecule has 196 valence electrons. The van der Waals surface area contributed by atoms with E-state index < -0.39 is 5.82 Å². The first-order valence-electron chi connectivity index (χ1n) is 12.6. The third kappa shape index (κ3) is 5.37. The second-order valence-electron chi connectivity index (χ2n) is 9.48. The SMILES string of the molecule is O=Cc1cc2nc(CN3CC=C(c4cccc(OCc5ccc(Cl)cc5F)n4)CC3)n(CC3CCO3)c2s1. The first-order chi connectivity index (χ1) is 18.6. The summed E-state index contributed by atoms with van der Waals surface area (Å²) in [7, 11) is 0. The van der Waals surface area contributed by atoms with Crippen molar-refractivity contribution in [1.29, 1.82) is 0 Å². The molecule has 10 heteroatoms. The molecule has 3 aromatic heterocycles. The molecule has 1 unspecified atom stereocenters. The van der Waals surface area contributed by atoms with Crippen LogP contribution in [0.25, 0.3) is 15.9 Å². The molecule has 1 atom stereocenters. The van der Waals surface area contributed by atoms with Crippen LogP contribution in [-0.2, 0) is 24.4 Å². The summed E-state index contributed by atoms with van der Waals surface area (Å²) < 4.78 is 27.7. The number of aromatic nitrogens is 3. The van der Waals surface area contributed by atoms with E-state index in [1.54, 1.807) is 18.2 Å². The van der Waals surface area contributed by atoms with E-state index in [-0.39, 0.29) is 12.7 Å². The Morgan fingerprint density at radius 2 is 2.13 bits per heavy atom. The Labute approximate surface area is 228 Å². The molecule has 1 fully saturated rings. The molecular formula is C28H26ClFN4O3S. The van der Waals surface area contributed by atoms with Crippen LogP contribution >= 0.6 is 22.9 Å². The van der Waals surface area contributed by atoms with Crippen molar-refractivity contribution in [2.45, 2.75) is 38.6 Å². The number of thiophene rings is 1. The monoisotopic (exact) mass is 552 g/mol. The highest BCUT2D eigenvalue weighted by atomic mass is 35.5. The Morgan fingerprint density at radius 3 is 2.87 bits per heavy atom. The van der Waals surface area contributed by atoms with Gasteiger partial charge in [-0.1, -0.05) is 29.8 Å². The van der Waals surface area contributed by atoms with Crippen LogP contribution in [0, 0.1) is 5.82 Å². The molecule has 0 saturated carbocycles.